The highest BCUT2D eigenvalue weighted by Crippen LogP contribution is 2.31. The Kier molecular flexibility index (Phi) is 6.72. The average Bonchev–Trinajstić information content (AvgIpc) is 3.61. The Hall–Kier alpha value is -3.40. The van der Waals surface area contributed by atoms with Crippen molar-refractivity contribution in [1.29, 1.82) is 0 Å². The third-order valence-electron chi connectivity index (χ3n) is 5.33. The second-order valence-corrected chi connectivity index (χ2v) is 10.1. The van der Waals surface area contributed by atoms with Gasteiger partial charge in [-0.3, -0.25) is 9.36 Å². The fourth-order valence-corrected chi connectivity index (χ4v) is 5.24. The van der Waals surface area contributed by atoms with E-state index in [4.69, 9.17) is 16.0 Å². The second kappa shape index (κ2) is 10.1. The van der Waals surface area contributed by atoms with E-state index in [1.165, 1.54) is 28.7 Å². The number of hydrogen-bond donors (Lipinski definition) is 1. The molecule has 0 spiro atoms. The second-order valence-electron chi connectivity index (χ2n) is 7.76. The Morgan fingerprint density at radius 1 is 1.11 bits per heavy atom. The van der Waals surface area contributed by atoms with Gasteiger partial charge in [-0.2, -0.15) is 0 Å². The quantitative estimate of drug-likeness (QED) is 0.237. The van der Waals surface area contributed by atoms with E-state index in [0.717, 1.165) is 21.9 Å². The van der Waals surface area contributed by atoms with E-state index in [9.17, 15) is 4.79 Å². The van der Waals surface area contributed by atoms with Crippen molar-refractivity contribution in [3.05, 3.63) is 93.1 Å². The van der Waals surface area contributed by atoms with Gasteiger partial charge in [0, 0.05) is 21.8 Å². The summed E-state index contributed by atoms with van der Waals surface area (Å²) >= 11 is 9.00. The zero-order valence-electron chi connectivity index (χ0n) is 18.9. The molecule has 1 amide bonds. The minimum Gasteiger partial charge on any atom is -0.461 e. The Balaban J connectivity index is 1.33. The van der Waals surface area contributed by atoms with E-state index in [-0.39, 0.29) is 5.91 Å². The molecule has 0 unspecified atom stereocenters. The molecule has 35 heavy (non-hydrogen) atoms. The molecule has 7 nitrogen and oxygen atoms in total. The predicted octanol–water partition coefficient (Wildman–Crippen LogP) is 6.80. The van der Waals surface area contributed by atoms with Crippen LogP contribution in [0.1, 0.15) is 26.6 Å². The SMILES string of the molecule is Cc1ccc(NC(=O)c2csc(CSc3nnc(-c4ccco4)n3-c3ccc(Cl)cc3)n2)cc1C. The third-order valence-corrected chi connectivity index (χ3v) is 7.56. The molecule has 0 aliphatic carbocycles. The third kappa shape index (κ3) is 5.17. The molecule has 0 saturated carbocycles. The molecule has 0 fully saturated rings. The topological polar surface area (TPSA) is 85.8 Å². The van der Waals surface area contributed by atoms with Gasteiger partial charge in [-0.25, -0.2) is 4.98 Å². The number of amides is 1. The van der Waals surface area contributed by atoms with Gasteiger partial charge in [-0.15, -0.1) is 21.5 Å². The molecule has 0 saturated heterocycles. The summed E-state index contributed by atoms with van der Waals surface area (Å²) in [6.07, 6.45) is 1.60. The molecular weight excluding hydrogens is 502 g/mol. The van der Waals surface area contributed by atoms with Gasteiger partial charge < -0.3 is 9.73 Å². The molecule has 0 radical (unpaired) electrons. The Labute approximate surface area is 215 Å². The van der Waals surface area contributed by atoms with E-state index in [1.54, 1.807) is 11.6 Å². The Bertz CT molecular complexity index is 1480. The number of aryl methyl sites for hydroxylation is 2. The maximum atomic E-state index is 12.7. The maximum Gasteiger partial charge on any atom is 0.275 e. The first kappa shape index (κ1) is 23.3. The Morgan fingerprint density at radius 2 is 1.94 bits per heavy atom. The number of anilines is 1. The van der Waals surface area contributed by atoms with E-state index >= 15 is 0 Å². The van der Waals surface area contributed by atoms with Crippen molar-refractivity contribution >= 4 is 46.3 Å². The minimum atomic E-state index is -0.231. The first-order valence-corrected chi connectivity index (χ1v) is 12.9. The molecule has 0 atom stereocenters. The Morgan fingerprint density at radius 3 is 2.69 bits per heavy atom. The zero-order chi connectivity index (χ0) is 24.4. The molecule has 3 heterocycles. The molecule has 1 N–H and O–H groups in total. The van der Waals surface area contributed by atoms with Gasteiger partial charge in [0.05, 0.1) is 12.0 Å². The zero-order valence-corrected chi connectivity index (χ0v) is 21.2. The smallest absolute Gasteiger partial charge is 0.275 e. The molecule has 176 valence electrons. The summed E-state index contributed by atoms with van der Waals surface area (Å²) < 4.78 is 7.48. The number of benzene rings is 2. The number of carbonyl (C=O) groups excluding carboxylic acids is 1. The van der Waals surface area contributed by atoms with Crippen molar-refractivity contribution in [2.45, 2.75) is 24.8 Å². The van der Waals surface area contributed by atoms with Gasteiger partial charge in [-0.1, -0.05) is 29.4 Å². The van der Waals surface area contributed by atoms with Crippen molar-refractivity contribution in [2.24, 2.45) is 0 Å². The number of halogens is 1. The first-order valence-electron chi connectivity index (χ1n) is 10.7. The summed E-state index contributed by atoms with van der Waals surface area (Å²) in [5.41, 5.74) is 4.30. The van der Waals surface area contributed by atoms with E-state index in [2.05, 4.69) is 20.5 Å². The number of aromatic nitrogens is 4. The average molecular weight is 522 g/mol. The van der Waals surface area contributed by atoms with Crippen LogP contribution in [0.5, 0.6) is 0 Å². The summed E-state index contributed by atoms with van der Waals surface area (Å²) in [6, 6.07) is 16.9. The predicted molar refractivity (Wildman–Crippen MR) is 140 cm³/mol. The number of rotatable bonds is 7. The fourth-order valence-electron chi connectivity index (χ4n) is 3.37. The maximum absolute atomic E-state index is 12.7. The van der Waals surface area contributed by atoms with Crippen molar-refractivity contribution in [3.8, 4) is 17.3 Å². The summed E-state index contributed by atoms with van der Waals surface area (Å²) in [6.45, 7) is 4.06. The highest BCUT2D eigenvalue weighted by atomic mass is 35.5. The van der Waals surface area contributed by atoms with Crippen LogP contribution >= 0.6 is 34.7 Å². The van der Waals surface area contributed by atoms with Crippen LogP contribution in [-0.2, 0) is 5.75 Å². The number of nitrogens with one attached hydrogen (secondary N) is 1. The number of hydrogen-bond acceptors (Lipinski definition) is 7. The van der Waals surface area contributed by atoms with Crippen LogP contribution in [0.4, 0.5) is 5.69 Å². The van der Waals surface area contributed by atoms with E-state index in [1.807, 2.05) is 73.0 Å². The van der Waals surface area contributed by atoms with Crippen molar-refractivity contribution in [3.63, 3.8) is 0 Å². The van der Waals surface area contributed by atoms with Crippen LogP contribution in [0.25, 0.3) is 17.3 Å². The molecule has 5 aromatic rings. The van der Waals surface area contributed by atoms with Crippen LogP contribution in [0.3, 0.4) is 0 Å². The van der Waals surface area contributed by atoms with Gasteiger partial charge in [-0.05, 0) is 73.5 Å². The lowest BCUT2D eigenvalue weighted by Gasteiger charge is -2.09. The van der Waals surface area contributed by atoms with Crippen LogP contribution in [-0.4, -0.2) is 25.7 Å². The molecule has 2 aromatic carbocycles. The molecule has 10 heteroatoms. The summed E-state index contributed by atoms with van der Waals surface area (Å²) in [5, 5.41) is 15.5. The lowest BCUT2D eigenvalue weighted by Crippen LogP contribution is -2.12. The highest BCUT2D eigenvalue weighted by Gasteiger charge is 2.19. The van der Waals surface area contributed by atoms with Crippen molar-refractivity contribution in [2.75, 3.05) is 5.32 Å². The van der Waals surface area contributed by atoms with Crippen LogP contribution in [0.2, 0.25) is 5.02 Å². The number of carbonyl (C=O) groups is 1. The minimum absolute atomic E-state index is 0.231. The monoisotopic (exact) mass is 521 g/mol. The van der Waals surface area contributed by atoms with E-state index in [0.29, 0.717) is 33.2 Å². The standard InChI is InChI=1S/C25H20ClN5O2S2/c1-15-5-8-18(12-16(15)2)27-24(32)20-13-34-22(28-20)14-35-25-30-29-23(21-4-3-11-33-21)31(25)19-9-6-17(26)7-10-19/h3-13H,14H2,1-2H3,(H,27,32). The molecular formula is C25H20ClN5O2S2. The summed E-state index contributed by atoms with van der Waals surface area (Å²) in [7, 11) is 0. The molecule has 0 aliphatic rings. The van der Waals surface area contributed by atoms with Gasteiger partial charge in [0.1, 0.15) is 10.7 Å². The number of nitrogens with zero attached hydrogens (tertiary/aromatic N) is 4. The van der Waals surface area contributed by atoms with Crippen LogP contribution in [0, 0.1) is 13.8 Å². The summed E-state index contributed by atoms with van der Waals surface area (Å²) in [4.78, 5) is 17.2. The molecule has 0 bridgehead atoms. The summed E-state index contributed by atoms with van der Waals surface area (Å²) in [5.74, 6) is 1.50. The van der Waals surface area contributed by atoms with Crippen molar-refractivity contribution < 1.29 is 9.21 Å². The number of thiazole rings is 1. The normalized spacial score (nSPS) is 11.1. The van der Waals surface area contributed by atoms with Gasteiger partial charge >= 0.3 is 0 Å². The fraction of sp³-hybridized carbons (Fsp3) is 0.120. The van der Waals surface area contributed by atoms with E-state index < -0.39 is 0 Å². The molecule has 5 rings (SSSR count). The lowest BCUT2D eigenvalue weighted by molar-refractivity contribution is 0.102. The van der Waals surface area contributed by atoms with Crippen molar-refractivity contribution in [1.82, 2.24) is 19.7 Å². The largest absolute Gasteiger partial charge is 0.461 e. The van der Waals surface area contributed by atoms with Crippen LogP contribution < -0.4 is 5.32 Å². The number of furan rings is 1. The lowest BCUT2D eigenvalue weighted by atomic mass is 10.1. The highest BCUT2D eigenvalue weighted by molar-refractivity contribution is 7.98. The molecule has 0 aliphatic heterocycles. The van der Waals surface area contributed by atoms with Gasteiger partial charge in [0.25, 0.3) is 5.91 Å². The van der Waals surface area contributed by atoms with Crippen LogP contribution in [0.15, 0.2) is 75.8 Å². The first-order chi connectivity index (χ1) is 17.0. The number of thioether (sulfide) groups is 1. The van der Waals surface area contributed by atoms with Gasteiger partial charge in [0.2, 0.25) is 5.82 Å². The molecule has 3 aromatic heterocycles. The van der Waals surface area contributed by atoms with Gasteiger partial charge in [0.15, 0.2) is 10.9 Å².